The monoisotopic (exact) mass is 331 g/mol. The van der Waals surface area contributed by atoms with Gasteiger partial charge in [-0.05, 0) is 43.5 Å². The van der Waals surface area contributed by atoms with Gasteiger partial charge < -0.3 is 20.7 Å². The minimum Gasteiger partial charge on any atom is -0.370 e. The molecule has 3 amide bonds. The van der Waals surface area contributed by atoms with Crippen LogP contribution in [0.1, 0.15) is 24.8 Å². The van der Waals surface area contributed by atoms with Crippen molar-refractivity contribution in [2.75, 3.05) is 30.0 Å². The van der Waals surface area contributed by atoms with Gasteiger partial charge in [0.05, 0.1) is 6.61 Å². The second-order valence-corrected chi connectivity index (χ2v) is 6.35. The predicted octanol–water partition coefficient (Wildman–Crippen LogP) is 0.952. The molecule has 128 valence electrons. The number of benzene rings is 1. The lowest BCUT2D eigenvalue weighted by Gasteiger charge is -2.37. The largest absolute Gasteiger partial charge is 0.370 e. The number of ether oxygens (including phenoxy) is 1. The summed E-state index contributed by atoms with van der Waals surface area (Å²) in [5, 5.41) is 2.78. The predicted molar refractivity (Wildman–Crippen MR) is 88.5 cm³/mol. The van der Waals surface area contributed by atoms with Crippen LogP contribution in [0, 0.1) is 12.3 Å². The molecule has 24 heavy (non-hydrogen) atoms. The summed E-state index contributed by atoms with van der Waals surface area (Å²) >= 11 is 0. The molecule has 3 N–H and O–H groups in total. The molecular formula is C17H21N3O4. The number of carbonyl (C=O) groups is 3. The number of nitrogens with one attached hydrogen (secondary N) is 1. The first-order valence-corrected chi connectivity index (χ1v) is 8.04. The molecule has 1 heterocycles. The van der Waals surface area contributed by atoms with Crippen molar-refractivity contribution in [3.8, 4) is 0 Å². The summed E-state index contributed by atoms with van der Waals surface area (Å²) in [5.74, 6) is -1.00. The zero-order valence-electron chi connectivity index (χ0n) is 13.6. The number of amides is 3. The van der Waals surface area contributed by atoms with Crippen LogP contribution in [0.3, 0.4) is 0 Å². The number of nitrogens with two attached hydrogens (primary N) is 1. The number of rotatable bonds is 4. The number of aryl methyl sites for hydroxylation is 1. The summed E-state index contributed by atoms with van der Waals surface area (Å²) in [6.07, 6.45) is 1.81. The van der Waals surface area contributed by atoms with Crippen LogP contribution in [0.4, 0.5) is 11.4 Å². The first kappa shape index (κ1) is 16.4. The van der Waals surface area contributed by atoms with Crippen molar-refractivity contribution in [2.24, 2.45) is 11.1 Å². The SMILES string of the molecule is Cc1cc(NC(=O)C2(C(N)=O)CCC2)ccc1N1CCOCC1=O. The Morgan fingerprint density at radius 2 is 2.08 bits per heavy atom. The summed E-state index contributed by atoms with van der Waals surface area (Å²) in [6.45, 7) is 2.97. The Kier molecular flexibility index (Phi) is 4.28. The van der Waals surface area contributed by atoms with Crippen LogP contribution in [-0.2, 0) is 19.1 Å². The highest BCUT2D eigenvalue weighted by Gasteiger charge is 2.49. The smallest absolute Gasteiger partial charge is 0.253 e. The lowest BCUT2D eigenvalue weighted by molar-refractivity contribution is -0.144. The molecule has 1 saturated carbocycles. The molecule has 1 saturated heterocycles. The van der Waals surface area contributed by atoms with Crippen LogP contribution >= 0.6 is 0 Å². The van der Waals surface area contributed by atoms with E-state index in [9.17, 15) is 14.4 Å². The summed E-state index contributed by atoms with van der Waals surface area (Å²) in [6, 6.07) is 5.32. The second kappa shape index (κ2) is 6.24. The van der Waals surface area contributed by atoms with E-state index in [0.29, 0.717) is 31.7 Å². The van der Waals surface area contributed by atoms with E-state index < -0.39 is 11.3 Å². The molecule has 2 fully saturated rings. The summed E-state index contributed by atoms with van der Waals surface area (Å²) in [4.78, 5) is 37.6. The van der Waals surface area contributed by atoms with Gasteiger partial charge in [0.1, 0.15) is 12.0 Å². The number of anilines is 2. The zero-order valence-corrected chi connectivity index (χ0v) is 13.6. The first-order valence-electron chi connectivity index (χ1n) is 8.04. The van der Waals surface area contributed by atoms with Crippen LogP contribution in [0.5, 0.6) is 0 Å². The van der Waals surface area contributed by atoms with Gasteiger partial charge in [-0.2, -0.15) is 0 Å². The second-order valence-electron chi connectivity index (χ2n) is 6.35. The lowest BCUT2D eigenvalue weighted by atomic mass is 9.67. The van der Waals surface area contributed by atoms with Gasteiger partial charge in [0.2, 0.25) is 11.8 Å². The summed E-state index contributed by atoms with van der Waals surface area (Å²) in [5.41, 5.74) is 6.58. The highest BCUT2D eigenvalue weighted by Crippen LogP contribution is 2.41. The third-order valence-corrected chi connectivity index (χ3v) is 4.84. The fraction of sp³-hybridized carbons (Fsp3) is 0.471. The van der Waals surface area contributed by atoms with Crippen LogP contribution in [0.15, 0.2) is 18.2 Å². The molecule has 0 aromatic heterocycles. The van der Waals surface area contributed by atoms with E-state index in [4.69, 9.17) is 10.5 Å². The Hall–Kier alpha value is -2.41. The van der Waals surface area contributed by atoms with Crippen LogP contribution in [0.25, 0.3) is 0 Å². The van der Waals surface area contributed by atoms with Crippen molar-refractivity contribution in [3.63, 3.8) is 0 Å². The zero-order chi connectivity index (χ0) is 17.3. The van der Waals surface area contributed by atoms with E-state index in [1.54, 1.807) is 23.1 Å². The van der Waals surface area contributed by atoms with E-state index in [2.05, 4.69) is 5.32 Å². The third kappa shape index (κ3) is 2.75. The number of hydrogen-bond donors (Lipinski definition) is 2. The van der Waals surface area contributed by atoms with E-state index in [1.165, 1.54) is 0 Å². The molecular weight excluding hydrogens is 310 g/mol. The molecule has 1 aromatic carbocycles. The van der Waals surface area contributed by atoms with E-state index in [1.807, 2.05) is 6.92 Å². The van der Waals surface area contributed by atoms with Crippen molar-refractivity contribution in [2.45, 2.75) is 26.2 Å². The molecule has 2 aliphatic rings. The average Bonchev–Trinajstić information content (AvgIpc) is 2.47. The molecule has 0 spiro atoms. The highest BCUT2D eigenvalue weighted by molar-refractivity contribution is 6.11. The Labute approximate surface area is 140 Å². The Bertz CT molecular complexity index is 697. The van der Waals surface area contributed by atoms with Gasteiger partial charge in [-0.25, -0.2) is 0 Å². The number of carbonyl (C=O) groups excluding carboxylic acids is 3. The van der Waals surface area contributed by atoms with E-state index in [-0.39, 0.29) is 18.4 Å². The van der Waals surface area contributed by atoms with Gasteiger partial charge in [0.15, 0.2) is 0 Å². The molecule has 0 radical (unpaired) electrons. The van der Waals surface area contributed by atoms with Gasteiger partial charge >= 0.3 is 0 Å². The average molecular weight is 331 g/mol. The van der Waals surface area contributed by atoms with Gasteiger partial charge in [-0.3, -0.25) is 14.4 Å². The normalized spacial score (nSPS) is 19.5. The van der Waals surface area contributed by atoms with Crippen molar-refractivity contribution in [1.82, 2.24) is 0 Å². The van der Waals surface area contributed by atoms with Gasteiger partial charge in [0.25, 0.3) is 5.91 Å². The standard InChI is InChI=1S/C17H21N3O4/c1-11-9-12(19-16(23)17(15(18)22)5-2-6-17)3-4-13(11)20-7-8-24-10-14(20)21/h3-4,9H,2,5-8,10H2,1H3,(H2,18,22)(H,19,23). The molecule has 0 unspecified atom stereocenters. The van der Waals surface area contributed by atoms with Crippen molar-refractivity contribution in [1.29, 1.82) is 0 Å². The number of hydrogen-bond acceptors (Lipinski definition) is 4. The molecule has 1 aromatic rings. The molecule has 3 rings (SSSR count). The molecule has 0 bridgehead atoms. The third-order valence-electron chi connectivity index (χ3n) is 4.84. The van der Waals surface area contributed by atoms with Crippen molar-refractivity contribution < 1.29 is 19.1 Å². The fourth-order valence-electron chi connectivity index (χ4n) is 3.18. The summed E-state index contributed by atoms with van der Waals surface area (Å²) < 4.78 is 5.14. The van der Waals surface area contributed by atoms with Gasteiger partial charge in [0, 0.05) is 17.9 Å². The van der Waals surface area contributed by atoms with E-state index >= 15 is 0 Å². The minimum atomic E-state index is -1.08. The molecule has 1 aliphatic carbocycles. The van der Waals surface area contributed by atoms with Crippen LogP contribution < -0.4 is 16.0 Å². The number of nitrogens with zero attached hydrogens (tertiary/aromatic N) is 1. The van der Waals surface area contributed by atoms with Crippen LogP contribution in [-0.4, -0.2) is 37.5 Å². The van der Waals surface area contributed by atoms with Gasteiger partial charge in [-0.15, -0.1) is 0 Å². The van der Waals surface area contributed by atoms with Crippen molar-refractivity contribution >= 4 is 29.1 Å². The molecule has 7 nitrogen and oxygen atoms in total. The van der Waals surface area contributed by atoms with Crippen LogP contribution in [0.2, 0.25) is 0 Å². The molecule has 1 aliphatic heterocycles. The molecule has 0 atom stereocenters. The minimum absolute atomic E-state index is 0.0803. The Balaban J connectivity index is 1.76. The Morgan fingerprint density at radius 1 is 1.33 bits per heavy atom. The first-order chi connectivity index (χ1) is 11.4. The Morgan fingerprint density at radius 3 is 2.62 bits per heavy atom. The number of primary amides is 1. The maximum atomic E-state index is 12.4. The van der Waals surface area contributed by atoms with Gasteiger partial charge in [-0.1, -0.05) is 6.42 Å². The summed E-state index contributed by atoms with van der Waals surface area (Å²) in [7, 11) is 0. The quantitative estimate of drug-likeness (QED) is 0.802. The number of morpholine rings is 1. The highest BCUT2D eigenvalue weighted by atomic mass is 16.5. The fourth-order valence-corrected chi connectivity index (χ4v) is 3.18. The topological polar surface area (TPSA) is 102 Å². The maximum Gasteiger partial charge on any atom is 0.253 e. The lowest BCUT2D eigenvalue weighted by Crippen LogP contribution is -2.51. The maximum absolute atomic E-state index is 12.4. The molecule has 7 heteroatoms. The van der Waals surface area contributed by atoms with E-state index in [0.717, 1.165) is 17.7 Å². The van der Waals surface area contributed by atoms with Crippen molar-refractivity contribution in [3.05, 3.63) is 23.8 Å².